The monoisotopic (exact) mass is 447 g/mol. The molecule has 3 aromatic rings. The van der Waals surface area contributed by atoms with E-state index in [-0.39, 0.29) is 18.8 Å². The lowest BCUT2D eigenvalue weighted by molar-refractivity contribution is -0.128. The fourth-order valence-electron chi connectivity index (χ4n) is 3.06. The van der Waals surface area contributed by atoms with E-state index in [1.807, 2.05) is 0 Å². The van der Waals surface area contributed by atoms with Gasteiger partial charge in [-0.3, -0.25) is 9.78 Å². The number of pyridine rings is 1. The Bertz CT molecular complexity index is 1060. The van der Waals surface area contributed by atoms with Gasteiger partial charge < -0.3 is 25.3 Å². The van der Waals surface area contributed by atoms with Crippen LogP contribution in [-0.2, 0) is 27.2 Å². The molecule has 0 spiro atoms. The summed E-state index contributed by atoms with van der Waals surface area (Å²) in [7, 11) is 1.58. The molecule has 0 amide bonds. The van der Waals surface area contributed by atoms with E-state index < -0.39 is 5.82 Å². The lowest BCUT2D eigenvalue weighted by Gasteiger charge is -2.17. The van der Waals surface area contributed by atoms with E-state index in [1.54, 1.807) is 37.6 Å². The summed E-state index contributed by atoms with van der Waals surface area (Å²) >= 11 is 6.43. The summed E-state index contributed by atoms with van der Waals surface area (Å²) in [5.41, 5.74) is 8.51. The summed E-state index contributed by atoms with van der Waals surface area (Å²) in [6.07, 6.45) is 2.04. The summed E-state index contributed by atoms with van der Waals surface area (Å²) < 4.78 is 30.1. The number of anilines is 2. The number of nitrogens with one attached hydrogen (secondary N) is 1. The maximum Gasteiger partial charge on any atom is 0.293 e. The van der Waals surface area contributed by atoms with Crippen LogP contribution in [0, 0.1) is 5.82 Å². The second-order valence-corrected chi connectivity index (χ2v) is 7.07. The SMILES string of the molecule is COCCOc1cc2ncc(CCOC=O)c(Nc3ccc(CN)cc3F)c2cc1Cl. The van der Waals surface area contributed by atoms with Crippen LogP contribution < -0.4 is 15.8 Å². The van der Waals surface area contributed by atoms with Gasteiger partial charge in [0.05, 0.1) is 35.1 Å². The minimum atomic E-state index is -0.436. The van der Waals surface area contributed by atoms with E-state index >= 15 is 0 Å². The fraction of sp³-hybridized carbons (Fsp3) is 0.273. The number of fused-ring (bicyclic) bond motifs is 1. The Kier molecular flexibility index (Phi) is 8.00. The van der Waals surface area contributed by atoms with Gasteiger partial charge in [0.1, 0.15) is 18.2 Å². The van der Waals surface area contributed by atoms with E-state index in [4.69, 9.17) is 31.5 Å². The van der Waals surface area contributed by atoms with Gasteiger partial charge >= 0.3 is 0 Å². The van der Waals surface area contributed by atoms with Crippen LogP contribution in [0.1, 0.15) is 11.1 Å². The molecule has 0 unspecified atom stereocenters. The molecule has 0 saturated carbocycles. The smallest absolute Gasteiger partial charge is 0.293 e. The Balaban J connectivity index is 2.04. The molecule has 0 aliphatic rings. The zero-order chi connectivity index (χ0) is 22.2. The number of rotatable bonds is 11. The van der Waals surface area contributed by atoms with Crippen LogP contribution in [0.4, 0.5) is 15.8 Å². The highest BCUT2D eigenvalue weighted by Gasteiger charge is 2.15. The third-order valence-corrected chi connectivity index (χ3v) is 4.93. The maximum atomic E-state index is 14.6. The van der Waals surface area contributed by atoms with Crippen LogP contribution in [-0.4, -0.2) is 38.4 Å². The van der Waals surface area contributed by atoms with Crippen LogP contribution in [0.3, 0.4) is 0 Å². The van der Waals surface area contributed by atoms with E-state index in [2.05, 4.69) is 10.3 Å². The molecule has 9 heteroatoms. The zero-order valence-electron chi connectivity index (χ0n) is 17.0. The van der Waals surface area contributed by atoms with Crippen LogP contribution in [0.5, 0.6) is 5.75 Å². The second kappa shape index (κ2) is 10.9. The highest BCUT2D eigenvalue weighted by Crippen LogP contribution is 2.36. The number of methoxy groups -OCH3 is 1. The molecule has 0 atom stereocenters. The molecule has 0 aliphatic carbocycles. The third kappa shape index (κ3) is 5.61. The van der Waals surface area contributed by atoms with Crippen molar-refractivity contribution in [3.8, 4) is 5.75 Å². The first-order valence-electron chi connectivity index (χ1n) is 9.61. The Morgan fingerprint density at radius 1 is 1.23 bits per heavy atom. The maximum absolute atomic E-state index is 14.6. The Morgan fingerprint density at radius 3 is 2.77 bits per heavy atom. The quantitative estimate of drug-likeness (QED) is 0.339. The van der Waals surface area contributed by atoms with Crippen molar-refractivity contribution >= 4 is 40.4 Å². The molecule has 1 aromatic heterocycles. The minimum absolute atomic E-state index is 0.159. The lowest BCUT2D eigenvalue weighted by atomic mass is 10.1. The van der Waals surface area contributed by atoms with Gasteiger partial charge in [-0.25, -0.2) is 4.39 Å². The summed E-state index contributed by atoms with van der Waals surface area (Å²) in [6, 6.07) is 8.19. The second-order valence-electron chi connectivity index (χ2n) is 6.66. The number of hydrogen-bond acceptors (Lipinski definition) is 7. The molecular weight excluding hydrogens is 425 g/mol. The minimum Gasteiger partial charge on any atom is -0.490 e. The molecule has 0 bridgehead atoms. The average molecular weight is 448 g/mol. The van der Waals surface area contributed by atoms with Gasteiger partial charge in [0, 0.05) is 37.7 Å². The molecule has 0 fully saturated rings. The van der Waals surface area contributed by atoms with Gasteiger partial charge in [-0.15, -0.1) is 0 Å². The summed E-state index contributed by atoms with van der Waals surface area (Å²) in [5.74, 6) is 0.0359. The van der Waals surface area contributed by atoms with Crippen LogP contribution in [0.2, 0.25) is 5.02 Å². The van der Waals surface area contributed by atoms with Crippen molar-refractivity contribution in [2.45, 2.75) is 13.0 Å². The molecule has 0 saturated heterocycles. The third-order valence-electron chi connectivity index (χ3n) is 4.63. The predicted octanol–water partition coefficient (Wildman–Crippen LogP) is 3.97. The largest absolute Gasteiger partial charge is 0.490 e. The Morgan fingerprint density at radius 2 is 2.06 bits per heavy atom. The molecule has 164 valence electrons. The van der Waals surface area contributed by atoms with Crippen LogP contribution >= 0.6 is 11.6 Å². The molecule has 3 N–H and O–H groups in total. The van der Waals surface area contributed by atoms with Crippen molar-refractivity contribution < 1.29 is 23.4 Å². The van der Waals surface area contributed by atoms with Crippen molar-refractivity contribution in [3.63, 3.8) is 0 Å². The number of carbonyl (C=O) groups is 1. The standard InChI is InChI=1S/C22H23ClFN3O4/c1-29-6-7-31-21-10-20-16(9-17(21)23)22(15(12-26-20)4-5-30-13-28)27-19-3-2-14(11-25)8-18(19)24/h2-3,8-10,12-13H,4-7,11,25H2,1H3,(H,26,27). The zero-order valence-corrected chi connectivity index (χ0v) is 17.7. The Hall–Kier alpha value is -2.94. The molecule has 1 heterocycles. The van der Waals surface area contributed by atoms with E-state index in [9.17, 15) is 9.18 Å². The number of nitrogens with zero attached hydrogens (tertiary/aromatic N) is 1. The van der Waals surface area contributed by atoms with Crippen molar-refractivity contribution in [3.05, 3.63) is 58.5 Å². The van der Waals surface area contributed by atoms with Gasteiger partial charge in [0.15, 0.2) is 0 Å². The molecule has 7 nitrogen and oxygen atoms in total. The number of hydrogen-bond donors (Lipinski definition) is 2. The lowest BCUT2D eigenvalue weighted by Crippen LogP contribution is -2.06. The van der Waals surface area contributed by atoms with Gasteiger partial charge in [-0.05, 0) is 29.3 Å². The fourth-order valence-corrected chi connectivity index (χ4v) is 3.27. The van der Waals surface area contributed by atoms with Crippen LogP contribution in [0.25, 0.3) is 10.9 Å². The molecule has 31 heavy (non-hydrogen) atoms. The van der Waals surface area contributed by atoms with Gasteiger partial charge in [-0.2, -0.15) is 0 Å². The molecule has 0 radical (unpaired) electrons. The van der Waals surface area contributed by atoms with Gasteiger partial charge in [-0.1, -0.05) is 17.7 Å². The van der Waals surface area contributed by atoms with E-state index in [0.717, 1.165) is 5.56 Å². The van der Waals surface area contributed by atoms with Crippen LogP contribution in [0.15, 0.2) is 36.5 Å². The summed E-state index contributed by atoms with van der Waals surface area (Å²) in [6.45, 7) is 1.54. The van der Waals surface area contributed by atoms with E-state index in [0.29, 0.717) is 59.0 Å². The molecule has 3 rings (SSSR count). The number of carbonyl (C=O) groups excluding carboxylic acids is 1. The van der Waals surface area contributed by atoms with Crippen molar-refractivity contribution in [2.24, 2.45) is 5.73 Å². The summed E-state index contributed by atoms with van der Waals surface area (Å²) in [5, 5.41) is 4.20. The first-order chi connectivity index (χ1) is 15.1. The highest BCUT2D eigenvalue weighted by molar-refractivity contribution is 6.33. The topological polar surface area (TPSA) is 95.7 Å². The van der Waals surface area contributed by atoms with Gasteiger partial charge in [0.25, 0.3) is 6.47 Å². The molecule has 0 aliphatic heterocycles. The highest BCUT2D eigenvalue weighted by atomic mass is 35.5. The number of aromatic nitrogens is 1. The van der Waals surface area contributed by atoms with Gasteiger partial charge in [0.2, 0.25) is 0 Å². The predicted molar refractivity (Wildman–Crippen MR) is 117 cm³/mol. The first-order valence-corrected chi connectivity index (χ1v) is 9.98. The first kappa shape index (κ1) is 22.7. The van der Waals surface area contributed by atoms with Crippen molar-refractivity contribution in [1.82, 2.24) is 4.98 Å². The van der Waals surface area contributed by atoms with E-state index in [1.165, 1.54) is 6.07 Å². The van der Waals surface area contributed by atoms with Crippen molar-refractivity contribution in [2.75, 3.05) is 32.2 Å². The molecule has 2 aromatic carbocycles. The number of ether oxygens (including phenoxy) is 3. The molecular formula is C22H23ClFN3O4. The summed E-state index contributed by atoms with van der Waals surface area (Å²) in [4.78, 5) is 15.0. The number of benzene rings is 2. The Labute approximate surface area is 184 Å². The number of halogens is 2. The number of nitrogens with two attached hydrogens (primary N) is 1. The van der Waals surface area contributed by atoms with Crippen molar-refractivity contribution in [1.29, 1.82) is 0 Å². The normalized spacial score (nSPS) is 10.8. The average Bonchev–Trinajstić information content (AvgIpc) is 2.77.